The molecule has 1 heterocycles. The summed E-state index contributed by atoms with van der Waals surface area (Å²) in [5.41, 5.74) is 0.414. The number of carbonyl (C=O) groups is 3. The van der Waals surface area contributed by atoms with E-state index in [1.807, 2.05) is 56.0 Å². The quantitative estimate of drug-likeness (QED) is 0.431. The van der Waals surface area contributed by atoms with Crippen molar-refractivity contribution in [2.75, 3.05) is 19.6 Å². The lowest BCUT2D eigenvalue weighted by atomic mass is 10.0. The minimum atomic E-state index is -0.519. The lowest BCUT2D eigenvalue weighted by Gasteiger charge is -2.39. The lowest BCUT2D eigenvalue weighted by molar-refractivity contribution is -0.134. The first-order valence-electron chi connectivity index (χ1n) is 13.4. The maximum atomic E-state index is 13.2. The van der Waals surface area contributed by atoms with Gasteiger partial charge in [-0.05, 0) is 58.4 Å². The number of likely N-dealkylation sites (tertiary alicyclic amines) is 1. The molecule has 36 heavy (non-hydrogen) atoms. The summed E-state index contributed by atoms with van der Waals surface area (Å²) < 4.78 is 10.9. The number of rotatable bonds is 11. The summed E-state index contributed by atoms with van der Waals surface area (Å²) >= 11 is 0. The molecule has 1 unspecified atom stereocenters. The molecule has 2 rings (SSSR count). The number of benzene rings is 1. The zero-order valence-electron chi connectivity index (χ0n) is 22.8. The standard InChI is InChI=1S/C28H45N3O5/c1-6-11-23(29-26(33)35-21-22-12-9-8-10-13-22)14-15-25(32)31(18-7-2)24-16-19-30(20-17-24)27(34)36-28(3,4)5/h8-10,12-13,23-24H,6-7,11,14-21H2,1-5H3,(H,29,33). The average molecular weight is 504 g/mol. The van der Waals surface area contributed by atoms with Crippen molar-refractivity contribution in [1.29, 1.82) is 0 Å². The van der Waals surface area contributed by atoms with E-state index in [-0.39, 0.29) is 30.7 Å². The number of piperidine rings is 1. The van der Waals surface area contributed by atoms with Crippen LogP contribution in [-0.2, 0) is 20.9 Å². The van der Waals surface area contributed by atoms with E-state index in [9.17, 15) is 14.4 Å². The molecule has 0 spiro atoms. The van der Waals surface area contributed by atoms with E-state index in [4.69, 9.17) is 9.47 Å². The van der Waals surface area contributed by atoms with Gasteiger partial charge in [-0.15, -0.1) is 0 Å². The average Bonchev–Trinajstić information content (AvgIpc) is 2.84. The largest absolute Gasteiger partial charge is 0.445 e. The second-order valence-electron chi connectivity index (χ2n) is 10.5. The molecule has 8 heteroatoms. The van der Waals surface area contributed by atoms with Gasteiger partial charge in [0.15, 0.2) is 0 Å². The Balaban J connectivity index is 1.84. The Kier molecular flexibility index (Phi) is 12.0. The molecule has 1 aromatic rings. The third-order valence-electron chi connectivity index (χ3n) is 6.22. The van der Waals surface area contributed by atoms with E-state index in [1.165, 1.54) is 0 Å². The van der Waals surface area contributed by atoms with Crippen molar-refractivity contribution in [3.63, 3.8) is 0 Å². The molecule has 1 N–H and O–H groups in total. The fourth-order valence-electron chi connectivity index (χ4n) is 4.45. The van der Waals surface area contributed by atoms with Crippen molar-refractivity contribution in [3.8, 4) is 0 Å². The van der Waals surface area contributed by atoms with Gasteiger partial charge in [0.2, 0.25) is 5.91 Å². The van der Waals surface area contributed by atoms with Gasteiger partial charge >= 0.3 is 12.2 Å². The van der Waals surface area contributed by atoms with Crippen molar-refractivity contribution >= 4 is 18.1 Å². The van der Waals surface area contributed by atoms with Crippen LogP contribution in [0.4, 0.5) is 9.59 Å². The molecule has 3 amide bonds. The van der Waals surface area contributed by atoms with Gasteiger partial charge in [-0.2, -0.15) is 0 Å². The fraction of sp³-hybridized carbons (Fsp3) is 0.679. The third kappa shape index (κ3) is 10.5. The van der Waals surface area contributed by atoms with Gasteiger partial charge in [-0.25, -0.2) is 9.59 Å². The minimum Gasteiger partial charge on any atom is -0.445 e. The van der Waals surface area contributed by atoms with Gasteiger partial charge in [0.1, 0.15) is 12.2 Å². The fourth-order valence-corrected chi connectivity index (χ4v) is 4.45. The van der Waals surface area contributed by atoms with E-state index in [2.05, 4.69) is 19.2 Å². The smallest absolute Gasteiger partial charge is 0.410 e. The number of hydrogen-bond donors (Lipinski definition) is 1. The van der Waals surface area contributed by atoms with Gasteiger partial charge in [0, 0.05) is 38.1 Å². The van der Waals surface area contributed by atoms with Crippen LogP contribution in [0.25, 0.3) is 0 Å². The Labute approximate surface area is 216 Å². The molecule has 1 fully saturated rings. The molecular formula is C28H45N3O5. The molecule has 8 nitrogen and oxygen atoms in total. The SMILES string of the molecule is CCCC(CCC(=O)N(CCC)C1CCN(C(=O)OC(C)(C)C)CC1)NC(=O)OCc1ccccc1. The summed E-state index contributed by atoms with van der Waals surface area (Å²) in [6.45, 7) is 11.8. The first-order chi connectivity index (χ1) is 17.1. The predicted molar refractivity (Wildman–Crippen MR) is 141 cm³/mol. The third-order valence-corrected chi connectivity index (χ3v) is 6.22. The molecule has 0 radical (unpaired) electrons. The van der Waals surface area contributed by atoms with Gasteiger partial charge in [0.05, 0.1) is 0 Å². The summed E-state index contributed by atoms with van der Waals surface area (Å²) in [6.07, 6.45) is 4.25. The highest BCUT2D eigenvalue weighted by atomic mass is 16.6. The Morgan fingerprint density at radius 3 is 2.31 bits per heavy atom. The summed E-state index contributed by atoms with van der Waals surface area (Å²) in [6, 6.07) is 9.57. The van der Waals surface area contributed by atoms with Crippen LogP contribution < -0.4 is 5.32 Å². The van der Waals surface area contributed by atoms with E-state index < -0.39 is 11.7 Å². The second kappa shape index (κ2) is 14.7. The van der Waals surface area contributed by atoms with Crippen molar-refractivity contribution in [2.45, 2.75) is 104 Å². The molecule has 0 saturated carbocycles. The summed E-state index contributed by atoms with van der Waals surface area (Å²) in [4.78, 5) is 41.6. The molecular weight excluding hydrogens is 458 g/mol. The maximum absolute atomic E-state index is 13.2. The van der Waals surface area contributed by atoms with Crippen molar-refractivity contribution in [2.24, 2.45) is 0 Å². The highest BCUT2D eigenvalue weighted by Gasteiger charge is 2.31. The van der Waals surface area contributed by atoms with Crippen LogP contribution in [0.1, 0.15) is 85.1 Å². The van der Waals surface area contributed by atoms with Crippen LogP contribution in [0.2, 0.25) is 0 Å². The number of alkyl carbamates (subject to hydrolysis) is 1. The zero-order valence-corrected chi connectivity index (χ0v) is 22.8. The highest BCUT2D eigenvalue weighted by Crippen LogP contribution is 2.21. The van der Waals surface area contributed by atoms with Crippen LogP contribution in [0.5, 0.6) is 0 Å². The topological polar surface area (TPSA) is 88.2 Å². The molecule has 1 aliphatic heterocycles. The van der Waals surface area contributed by atoms with Gasteiger partial charge < -0.3 is 24.6 Å². The first kappa shape index (κ1) is 29.5. The number of amides is 3. The normalized spacial score (nSPS) is 15.2. The summed E-state index contributed by atoms with van der Waals surface area (Å²) in [5, 5.41) is 2.94. The molecule has 1 aromatic carbocycles. The van der Waals surface area contributed by atoms with Crippen LogP contribution in [-0.4, -0.2) is 65.2 Å². The first-order valence-corrected chi connectivity index (χ1v) is 13.4. The molecule has 0 aliphatic carbocycles. The molecule has 1 saturated heterocycles. The molecule has 0 aromatic heterocycles. The van der Waals surface area contributed by atoms with E-state index in [0.717, 1.165) is 37.7 Å². The molecule has 1 atom stereocenters. The van der Waals surface area contributed by atoms with Crippen molar-refractivity contribution < 1.29 is 23.9 Å². The molecule has 0 bridgehead atoms. The van der Waals surface area contributed by atoms with Crippen LogP contribution in [0, 0.1) is 0 Å². The number of hydrogen-bond acceptors (Lipinski definition) is 5. The number of ether oxygens (including phenoxy) is 2. The second-order valence-corrected chi connectivity index (χ2v) is 10.5. The lowest BCUT2D eigenvalue weighted by Crippen LogP contribution is -2.50. The number of nitrogens with zero attached hydrogens (tertiary/aromatic N) is 2. The Hall–Kier alpha value is -2.77. The monoisotopic (exact) mass is 503 g/mol. The van der Waals surface area contributed by atoms with Crippen LogP contribution in [0.3, 0.4) is 0 Å². The van der Waals surface area contributed by atoms with Crippen LogP contribution in [0.15, 0.2) is 30.3 Å². The van der Waals surface area contributed by atoms with Gasteiger partial charge in [0.25, 0.3) is 0 Å². The van der Waals surface area contributed by atoms with E-state index in [1.54, 1.807) is 4.90 Å². The van der Waals surface area contributed by atoms with Crippen molar-refractivity contribution in [3.05, 3.63) is 35.9 Å². The minimum absolute atomic E-state index is 0.105. The predicted octanol–water partition coefficient (Wildman–Crippen LogP) is 5.50. The summed E-state index contributed by atoms with van der Waals surface area (Å²) in [5.74, 6) is 0.105. The Morgan fingerprint density at radius 1 is 1.06 bits per heavy atom. The molecule has 202 valence electrons. The van der Waals surface area contributed by atoms with Crippen LogP contribution >= 0.6 is 0 Å². The zero-order chi connectivity index (χ0) is 26.6. The van der Waals surface area contributed by atoms with E-state index >= 15 is 0 Å². The molecule has 1 aliphatic rings. The van der Waals surface area contributed by atoms with E-state index in [0.29, 0.717) is 32.5 Å². The Morgan fingerprint density at radius 2 is 1.72 bits per heavy atom. The van der Waals surface area contributed by atoms with Gasteiger partial charge in [-0.1, -0.05) is 50.6 Å². The number of nitrogens with one attached hydrogen (secondary N) is 1. The van der Waals surface area contributed by atoms with Gasteiger partial charge in [-0.3, -0.25) is 4.79 Å². The Bertz CT molecular complexity index is 816. The number of carbonyl (C=O) groups excluding carboxylic acids is 3. The highest BCUT2D eigenvalue weighted by molar-refractivity contribution is 5.77. The maximum Gasteiger partial charge on any atom is 0.410 e. The van der Waals surface area contributed by atoms with Crippen molar-refractivity contribution in [1.82, 2.24) is 15.1 Å². The summed E-state index contributed by atoms with van der Waals surface area (Å²) in [7, 11) is 0.